The summed E-state index contributed by atoms with van der Waals surface area (Å²) in [4.78, 5) is 21.6. The van der Waals surface area contributed by atoms with E-state index in [2.05, 4.69) is 20.4 Å². The van der Waals surface area contributed by atoms with E-state index in [1.54, 1.807) is 13.0 Å². The van der Waals surface area contributed by atoms with Gasteiger partial charge in [0, 0.05) is 11.3 Å². The van der Waals surface area contributed by atoms with Gasteiger partial charge in [0.15, 0.2) is 5.17 Å². The van der Waals surface area contributed by atoms with Gasteiger partial charge in [-0.3, -0.25) is 9.79 Å². The molecule has 8 heteroatoms. The second kappa shape index (κ2) is 6.03. The maximum Gasteiger partial charge on any atom is 0.259 e. The van der Waals surface area contributed by atoms with Crippen LogP contribution in [0.3, 0.4) is 0 Å². The summed E-state index contributed by atoms with van der Waals surface area (Å²) in [5.41, 5.74) is 2.87. The number of carbonyl (C=O) groups excluding carboxylic acids is 1. The molecule has 3 aromatic heterocycles. The van der Waals surface area contributed by atoms with E-state index in [9.17, 15) is 4.79 Å². The Morgan fingerprint density at radius 1 is 1.28 bits per heavy atom. The van der Waals surface area contributed by atoms with Crippen molar-refractivity contribution < 1.29 is 13.7 Å². The van der Waals surface area contributed by atoms with Gasteiger partial charge < -0.3 is 14.3 Å². The van der Waals surface area contributed by atoms with Crippen molar-refractivity contribution >= 4 is 33.9 Å². The van der Waals surface area contributed by atoms with Crippen molar-refractivity contribution in [3.63, 3.8) is 0 Å². The number of nitrogens with one attached hydrogen (secondary N) is 1. The highest BCUT2D eigenvalue weighted by atomic mass is 32.2. The van der Waals surface area contributed by atoms with Gasteiger partial charge in [0.1, 0.15) is 11.5 Å². The smallest absolute Gasteiger partial charge is 0.259 e. The fraction of sp³-hybridized carbons (Fsp3) is 0.294. The van der Waals surface area contributed by atoms with Gasteiger partial charge in [0.25, 0.3) is 11.6 Å². The van der Waals surface area contributed by atoms with Crippen molar-refractivity contribution in [3.05, 3.63) is 34.9 Å². The number of rotatable bonds is 2. The summed E-state index contributed by atoms with van der Waals surface area (Å²) in [5.74, 6) is 2.16. The van der Waals surface area contributed by atoms with Gasteiger partial charge in [-0.05, 0) is 32.9 Å². The molecule has 4 heterocycles. The minimum Gasteiger partial charge on any atom is -0.466 e. The Balaban J connectivity index is 1.84. The number of amidine groups is 1. The predicted octanol–water partition coefficient (Wildman–Crippen LogP) is 3.24. The van der Waals surface area contributed by atoms with E-state index in [0.29, 0.717) is 33.2 Å². The number of nitrogens with zero attached hydrogens (tertiary/aromatic N) is 3. The third-order valence-electron chi connectivity index (χ3n) is 3.98. The number of hydrogen-bond donors (Lipinski definition) is 1. The third kappa shape index (κ3) is 2.82. The normalized spacial score (nSPS) is 14.1. The van der Waals surface area contributed by atoms with Crippen molar-refractivity contribution in [2.24, 2.45) is 4.99 Å². The van der Waals surface area contributed by atoms with Crippen LogP contribution in [0.5, 0.6) is 0 Å². The van der Waals surface area contributed by atoms with Crippen molar-refractivity contribution in [1.29, 1.82) is 0 Å². The molecule has 4 rings (SSSR count). The SMILES string of the molecule is Cc1cc(-c2cc(C(=O)NC3=NCCS3)c3c(C)noc3n2)c(C)o1. The lowest BCUT2D eigenvalue weighted by Gasteiger charge is -2.07. The molecule has 0 atom stereocenters. The van der Waals surface area contributed by atoms with Gasteiger partial charge in [0.2, 0.25) is 0 Å². The summed E-state index contributed by atoms with van der Waals surface area (Å²) in [6.45, 7) is 6.25. The highest BCUT2D eigenvalue weighted by Crippen LogP contribution is 2.30. The maximum absolute atomic E-state index is 12.8. The molecule has 25 heavy (non-hydrogen) atoms. The number of aliphatic imine (C=N–C) groups is 1. The van der Waals surface area contributed by atoms with E-state index in [4.69, 9.17) is 8.94 Å². The Bertz CT molecular complexity index is 1020. The Labute approximate surface area is 147 Å². The lowest BCUT2D eigenvalue weighted by molar-refractivity contribution is 0.0979. The second-order valence-electron chi connectivity index (χ2n) is 5.82. The first kappa shape index (κ1) is 15.9. The zero-order valence-corrected chi connectivity index (χ0v) is 14.9. The Hall–Kier alpha value is -2.61. The van der Waals surface area contributed by atoms with Crippen LogP contribution in [0.25, 0.3) is 22.4 Å². The van der Waals surface area contributed by atoms with Gasteiger partial charge in [-0.25, -0.2) is 4.98 Å². The number of aromatic nitrogens is 2. The number of hydrogen-bond acceptors (Lipinski definition) is 7. The number of furan rings is 1. The van der Waals surface area contributed by atoms with Crippen LogP contribution in [-0.2, 0) is 0 Å². The van der Waals surface area contributed by atoms with Crippen LogP contribution in [-0.4, -0.2) is 33.5 Å². The number of fused-ring (bicyclic) bond motifs is 1. The van der Waals surface area contributed by atoms with Gasteiger partial charge in [-0.1, -0.05) is 16.9 Å². The number of amides is 1. The topological polar surface area (TPSA) is 93.5 Å². The lowest BCUT2D eigenvalue weighted by Crippen LogP contribution is -2.27. The van der Waals surface area contributed by atoms with Crippen LogP contribution in [0.1, 0.15) is 27.6 Å². The largest absolute Gasteiger partial charge is 0.466 e. The standard InChI is InChI=1S/C17H16N4O3S/c1-8-6-11(10(3)23-8)13-7-12(14-9(2)21-24-16(14)19-13)15(22)20-17-18-4-5-25-17/h6-7H,4-5H2,1-3H3,(H,18,20,22). The summed E-state index contributed by atoms with van der Waals surface area (Å²) < 4.78 is 10.9. The molecule has 0 fully saturated rings. The molecule has 0 unspecified atom stereocenters. The molecule has 1 aliphatic heterocycles. The molecule has 0 saturated heterocycles. The molecule has 0 saturated carbocycles. The highest BCUT2D eigenvalue weighted by Gasteiger charge is 2.22. The maximum atomic E-state index is 12.8. The molecular weight excluding hydrogens is 340 g/mol. The molecule has 7 nitrogen and oxygen atoms in total. The van der Waals surface area contributed by atoms with Crippen LogP contribution < -0.4 is 5.32 Å². The average Bonchev–Trinajstić information content (AvgIpc) is 3.28. The Morgan fingerprint density at radius 3 is 2.80 bits per heavy atom. The van der Waals surface area contributed by atoms with E-state index in [0.717, 1.165) is 29.4 Å². The van der Waals surface area contributed by atoms with Crippen molar-refractivity contribution in [3.8, 4) is 11.3 Å². The number of carbonyl (C=O) groups is 1. The predicted molar refractivity (Wildman–Crippen MR) is 95.9 cm³/mol. The van der Waals surface area contributed by atoms with E-state index in [1.807, 2.05) is 19.9 Å². The minimum absolute atomic E-state index is 0.244. The summed E-state index contributed by atoms with van der Waals surface area (Å²) in [6.07, 6.45) is 0. The third-order valence-corrected chi connectivity index (χ3v) is 4.88. The molecule has 0 aliphatic carbocycles. The van der Waals surface area contributed by atoms with Crippen LogP contribution in [0, 0.1) is 20.8 Å². The molecular formula is C17H16N4O3S. The second-order valence-corrected chi connectivity index (χ2v) is 6.90. The first-order valence-corrected chi connectivity index (χ1v) is 8.84. The molecule has 128 valence electrons. The van der Waals surface area contributed by atoms with E-state index in [1.165, 1.54) is 11.8 Å². The van der Waals surface area contributed by atoms with Crippen molar-refractivity contribution in [2.75, 3.05) is 12.3 Å². The van der Waals surface area contributed by atoms with Gasteiger partial charge in [0.05, 0.1) is 28.9 Å². The Morgan fingerprint density at radius 2 is 2.12 bits per heavy atom. The zero-order valence-electron chi connectivity index (χ0n) is 14.0. The van der Waals surface area contributed by atoms with Crippen molar-refractivity contribution in [1.82, 2.24) is 15.5 Å². The fourth-order valence-corrected chi connectivity index (χ4v) is 3.60. The van der Waals surface area contributed by atoms with Gasteiger partial charge >= 0.3 is 0 Å². The van der Waals surface area contributed by atoms with Gasteiger partial charge in [-0.15, -0.1) is 0 Å². The van der Waals surface area contributed by atoms with Crippen LogP contribution in [0.2, 0.25) is 0 Å². The van der Waals surface area contributed by atoms with Crippen molar-refractivity contribution in [2.45, 2.75) is 20.8 Å². The summed E-state index contributed by atoms with van der Waals surface area (Å²) >= 11 is 1.53. The average molecular weight is 356 g/mol. The van der Waals surface area contributed by atoms with E-state index in [-0.39, 0.29) is 5.91 Å². The highest BCUT2D eigenvalue weighted by molar-refractivity contribution is 8.14. The quantitative estimate of drug-likeness (QED) is 0.757. The van der Waals surface area contributed by atoms with E-state index >= 15 is 0 Å². The first-order chi connectivity index (χ1) is 12.0. The molecule has 1 aliphatic rings. The fourth-order valence-electron chi connectivity index (χ4n) is 2.87. The summed E-state index contributed by atoms with van der Waals surface area (Å²) in [6, 6.07) is 3.64. The number of pyridine rings is 1. The summed E-state index contributed by atoms with van der Waals surface area (Å²) in [5, 5.41) is 8.07. The monoisotopic (exact) mass is 356 g/mol. The number of thioether (sulfide) groups is 1. The molecule has 0 radical (unpaired) electrons. The Kier molecular flexibility index (Phi) is 3.84. The molecule has 1 amide bonds. The van der Waals surface area contributed by atoms with Crippen LogP contribution in [0.4, 0.5) is 0 Å². The molecule has 3 aromatic rings. The molecule has 0 bridgehead atoms. The lowest BCUT2D eigenvalue weighted by atomic mass is 10.1. The minimum atomic E-state index is -0.244. The van der Waals surface area contributed by atoms with Crippen LogP contribution >= 0.6 is 11.8 Å². The molecule has 0 aromatic carbocycles. The zero-order chi connectivity index (χ0) is 17.6. The van der Waals surface area contributed by atoms with Crippen LogP contribution in [0.15, 0.2) is 26.1 Å². The first-order valence-electron chi connectivity index (χ1n) is 7.86. The summed E-state index contributed by atoms with van der Waals surface area (Å²) in [7, 11) is 0. The van der Waals surface area contributed by atoms with E-state index < -0.39 is 0 Å². The molecule has 1 N–H and O–H groups in total. The van der Waals surface area contributed by atoms with Gasteiger partial charge in [-0.2, -0.15) is 0 Å². The number of aryl methyl sites for hydroxylation is 3. The molecule has 0 spiro atoms.